The van der Waals surface area contributed by atoms with Crippen molar-refractivity contribution in [2.75, 3.05) is 7.05 Å². The highest BCUT2D eigenvalue weighted by Gasteiger charge is 2.06. The first-order chi connectivity index (χ1) is 5.25. The summed E-state index contributed by atoms with van der Waals surface area (Å²) in [6.45, 7) is 0. The SMILES string of the molecule is C[N]c1ccccc1C(=O)O. The van der Waals surface area contributed by atoms with E-state index in [-0.39, 0.29) is 5.56 Å². The number of hydrogen-bond acceptors (Lipinski definition) is 1. The highest BCUT2D eigenvalue weighted by molar-refractivity contribution is 5.93. The molecule has 1 radical (unpaired) electrons. The predicted molar refractivity (Wildman–Crippen MR) is 41.1 cm³/mol. The van der Waals surface area contributed by atoms with Crippen LogP contribution in [0.15, 0.2) is 24.3 Å². The molecule has 0 aliphatic heterocycles. The fourth-order valence-electron chi connectivity index (χ4n) is 0.849. The van der Waals surface area contributed by atoms with Crippen LogP contribution in [0.5, 0.6) is 0 Å². The Morgan fingerprint density at radius 3 is 2.55 bits per heavy atom. The molecular formula is C8H8NO2. The molecule has 57 valence electrons. The number of carboxylic acids is 1. The second kappa shape index (κ2) is 3.05. The lowest BCUT2D eigenvalue weighted by Gasteiger charge is -2.00. The van der Waals surface area contributed by atoms with Gasteiger partial charge in [-0.1, -0.05) is 12.1 Å². The van der Waals surface area contributed by atoms with Gasteiger partial charge in [0, 0.05) is 7.05 Å². The summed E-state index contributed by atoms with van der Waals surface area (Å²) in [7, 11) is 1.57. The number of carboxylic acid groups (broad SMARTS) is 1. The maximum absolute atomic E-state index is 10.5. The van der Waals surface area contributed by atoms with Gasteiger partial charge in [0.25, 0.3) is 0 Å². The smallest absolute Gasteiger partial charge is 0.337 e. The summed E-state index contributed by atoms with van der Waals surface area (Å²) in [4.78, 5) is 10.5. The molecule has 3 nitrogen and oxygen atoms in total. The number of benzene rings is 1. The van der Waals surface area contributed by atoms with Gasteiger partial charge in [-0.05, 0) is 12.1 Å². The lowest BCUT2D eigenvalue weighted by molar-refractivity contribution is 0.0697. The monoisotopic (exact) mass is 150 g/mol. The van der Waals surface area contributed by atoms with Crippen LogP contribution >= 0.6 is 0 Å². The third-order valence-corrected chi connectivity index (χ3v) is 1.38. The molecule has 1 rings (SSSR count). The van der Waals surface area contributed by atoms with E-state index in [1.807, 2.05) is 0 Å². The Kier molecular flexibility index (Phi) is 2.11. The molecule has 1 aromatic rings. The van der Waals surface area contributed by atoms with E-state index < -0.39 is 5.97 Å². The van der Waals surface area contributed by atoms with Crippen LogP contribution in [0.25, 0.3) is 0 Å². The van der Waals surface area contributed by atoms with Gasteiger partial charge in [-0.3, -0.25) is 5.32 Å². The van der Waals surface area contributed by atoms with E-state index in [2.05, 4.69) is 5.32 Å². The minimum atomic E-state index is -0.939. The van der Waals surface area contributed by atoms with Crippen molar-refractivity contribution < 1.29 is 9.90 Å². The first-order valence-electron chi connectivity index (χ1n) is 3.18. The van der Waals surface area contributed by atoms with Crippen LogP contribution in [0, 0.1) is 0 Å². The van der Waals surface area contributed by atoms with Gasteiger partial charge < -0.3 is 5.11 Å². The molecule has 0 fully saturated rings. The van der Waals surface area contributed by atoms with Crippen molar-refractivity contribution in [3.63, 3.8) is 0 Å². The van der Waals surface area contributed by atoms with Crippen LogP contribution in [0.1, 0.15) is 10.4 Å². The molecule has 0 aliphatic carbocycles. The zero-order valence-electron chi connectivity index (χ0n) is 6.11. The van der Waals surface area contributed by atoms with Gasteiger partial charge in [-0.25, -0.2) is 4.79 Å². The van der Waals surface area contributed by atoms with Gasteiger partial charge in [-0.15, -0.1) is 0 Å². The molecule has 0 aliphatic rings. The molecule has 0 spiro atoms. The van der Waals surface area contributed by atoms with Crippen LogP contribution < -0.4 is 5.32 Å². The third-order valence-electron chi connectivity index (χ3n) is 1.38. The average molecular weight is 150 g/mol. The van der Waals surface area contributed by atoms with E-state index in [1.165, 1.54) is 6.07 Å². The molecule has 1 aromatic carbocycles. The molecular weight excluding hydrogens is 142 g/mol. The van der Waals surface area contributed by atoms with E-state index in [9.17, 15) is 4.79 Å². The van der Waals surface area contributed by atoms with Crippen LogP contribution in [-0.2, 0) is 0 Å². The zero-order valence-corrected chi connectivity index (χ0v) is 6.11. The highest BCUT2D eigenvalue weighted by Crippen LogP contribution is 2.13. The second-order valence-electron chi connectivity index (χ2n) is 2.05. The molecule has 0 heterocycles. The van der Waals surface area contributed by atoms with Crippen molar-refractivity contribution in [3.05, 3.63) is 29.8 Å². The Balaban J connectivity index is 3.12. The fraction of sp³-hybridized carbons (Fsp3) is 0.125. The topological polar surface area (TPSA) is 51.4 Å². The van der Waals surface area contributed by atoms with Crippen molar-refractivity contribution in [1.82, 2.24) is 5.32 Å². The Bertz CT molecular complexity index is 271. The molecule has 0 atom stereocenters. The quantitative estimate of drug-likeness (QED) is 0.689. The summed E-state index contributed by atoms with van der Waals surface area (Å²) >= 11 is 0. The fourth-order valence-corrected chi connectivity index (χ4v) is 0.849. The van der Waals surface area contributed by atoms with E-state index >= 15 is 0 Å². The van der Waals surface area contributed by atoms with E-state index in [0.717, 1.165) is 0 Å². The molecule has 3 heteroatoms. The molecule has 0 amide bonds. The number of para-hydroxylation sites is 1. The highest BCUT2D eigenvalue weighted by atomic mass is 16.4. The molecule has 11 heavy (non-hydrogen) atoms. The third kappa shape index (κ3) is 1.49. The Hall–Kier alpha value is -1.51. The van der Waals surface area contributed by atoms with Crippen LogP contribution in [0.4, 0.5) is 5.69 Å². The standard InChI is InChI=1S/C8H8NO2/c1-9-7-5-3-2-4-6(7)8(10)11/h2-5H,1H3,(H,10,11). The van der Waals surface area contributed by atoms with Crippen LogP contribution in [0.3, 0.4) is 0 Å². The van der Waals surface area contributed by atoms with Crippen molar-refractivity contribution in [3.8, 4) is 0 Å². The van der Waals surface area contributed by atoms with E-state index in [1.54, 1.807) is 25.2 Å². The Morgan fingerprint density at radius 2 is 2.09 bits per heavy atom. The van der Waals surface area contributed by atoms with Gasteiger partial charge in [0.05, 0.1) is 11.3 Å². The van der Waals surface area contributed by atoms with E-state index in [0.29, 0.717) is 5.69 Å². The normalized spacial score (nSPS) is 9.18. The van der Waals surface area contributed by atoms with Crippen LogP contribution in [0.2, 0.25) is 0 Å². The van der Waals surface area contributed by atoms with Crippen LogP contribution in [-0.4, -0.2) is 18.1 Å². The maximum Gasteiger partial charge on any atom is 0.337 e. The van der Waals surface area contributed by atoms with Gasteiger partial charge in [0.15, 0.2) is 0 Å². The van der Waals surface area contributed by atoms with E-state index in [4.69, 9.17) is 5.11 Å². The van der Waals surface area contributed by atoms with Crippen molar-refractivity contribution >= 4 is 11.7 Å². The summed E-state index contributed by atoms with van der Waals surface area (Å²) in [5.74, 6) is -0.939. The van der Waals surface area contributed by atoms with Crippen molar-refractivity contribution in [1.29, 1.82) is 0 Å². The molecule has 0 aromatic heterocycles. The summed E-state index contributed by atoms with van der Waals surface area (Å²) in [5, 5.41) is 12.4. The first kappa shape index (κ1) is 7.60. The summed E-state index contributed by atoms with van der Waals surface area (Å²) < 4.78 is 0. The zero-order chi connectivity index (χ0) is 8.27. The van der Waals surface area contributed by atoms with Crippen molar-refractivity contribution in [2.45, 2.75) is 0 Å². The Labute approximate surface area is 64.7 Å². The molecule has 0 saturated heterocycles. The lowest BCUT2D eigenvalue weighted by Crippen LogP contribution is -2.00. The molecule has 0 unspecified atom stereocenters. The maximum atomic E-state index is 10.5. The molecule has 0 bridgehead atoms. The van der Waals surface area contributed by atoms with Gasteiger partial charge in [0.2, 0.25) is 0 Å². The lowest BCUT2D eigenvalue weighted by atomic mass is 10.2. The minimum absolute atomic E-state index is 0.245. The minimum Gasteiger partial charge on any atom is -0.478 e. The molecule has 0 saturated carbocycles. The predicted octanol–water partition coefficient (Wildman–Crippen LogP) is 1.25. The first-order valence-corrected chi connectivity index (χ1v) is 3.18. The Morgan fingerprint density at radius 1 is 1.45 bits per heavy atom. The second-order valence-corrected chi connectivity index (χ2v) is 2.05. The number of nitrogens with zero attached hydrogens (tertiary/aromatic N) is 1. The summed E-state index contributed by atoms with van der Waals surface area (Å²) in [5.41, 5.74) is 0.759. The summed E-state index contributed by atoms with van der Waals surface area (Å²) in [6, 6.07) is 6.64. The molecule has 1 N–H and O–H groups in total. The van der Waals surface area contributed by atoms with Gasteiger partial charge in [0.1, 0.15) is 0 Å². The largest absolute Gasteiger partial charge is 0.478 e. The number of rotatable bonds is 2. The van der Waals surface area contributed by atoms with Gasteiger partial charge in [-0.2, -0.15) is 0 Å². The number of hydrogen-bond donors (Lipinski definition) is 1. The number of aromatic carboxylic acids is 1. The summed E-state index contributed by atoms with van der Waals surface area (Å²) in [6.07, 6.45) is 0. The number of carbonyl (C=O) groups is 1. The average Bonchev–Trinajstić information content (AvgIpc) is 2.04. The van der Waals surface area contributed by atoms with Crippen molar-refractivity contribution in [2.24, 2.45) is 0 Å². The van der Waals surface area contributed by atoms with Gasteiger partial charge >= 0.3 is 5.97 Å².